The van der Waals surface area contributed by atoms with Crippen LogP contribution in [0.25, 0.3) is 0 Å². The lowest BCUT2D eigenvalue weighted by molar-refractivity contribution is -0.127. The van der Waals surface area contributed by atoms with Gasteiger partial charge in [-0.2, -0.15) is 0 Å². The summed E-state index contributed by atoms with van der Waals surface area (Å²) in [5.74, 6) is 0.101. The highest BCUT2D eigenvalue weighted by Crippen LogP contribution is 2.32. The summed E-state index contributed by atoms with van der Waals surface area (Å²) in [5.41, 5.74) is 1.89. The molecule has 7 nitrogen and oxygen atoms in total. The van der Waals surface area contributed by atoms with Crippen LogP contribution in [0.4, 0.5) is 11.4 Å². The van der Waals surface area contributed by atoms with Crippen LogP contribution in [-0.2, 0) is 20.8 Å². The predicted molar refractivity (Wildman–Crippen MR) is 147 cm³/mol. The van der Waals surface area contributed by atoms with E-state index in [2.05, 4.69) is 10.6 Å². The van der Waals surface area contributed by atoms with Crippen molar-refractivity contribution in [3.8, 4) is 5.75 Å². The molecule has 0 unspecified atom stereocenters. The molecule has 1 fully saturated rings. The summed E-state index contributed by atoms with van der Waals surface area (Å²) in [6, 6.07) is 17.4. The molecule has 2 aromatic carbocycles. The summed E-state index contributed by atoms with van der Waals surface area (Å²) in [4.78, 5) is 41.8. The summed E-state index contributed by atoms with van der Waals surface area (Å²) in [6.07, 6.45) is 5.41. The van der Waals surface area contributed by atoms with Crippen LogP contribution in [0.15, 0.2) is 66.0 Å². The largest absolute Gasteiger partial charge is 0.497 e. The fourth-order valence-corrected chi connectivity index (χ4v) is 5.42. The van der Waals surface area contributed by atoms with Gasteiger partial charge in [-0.1, -0.05) is 37.5 Å². The number of hydrogen-bond acceptors (Lipinski definition) is 5. The van der Waals surface area contributed by atoms with Gasteiger partial charge in [0.2, 0.25) is 17.7 Å². The van der Waals surface area contributed by atoms with Crippen LogP contribution in [0, 0.1) is 0 Å². The zero-order chi connectivity index (χ0) is 26.2. The van der Waals surface area contributed by atoms with Crippen molar-refractivity contribution in [2.24, 2.45) is 0 Å². The quantitative estimate of drug-likeness (QED) is 0.392. The molecule has 1 heterocycles. The van der Waals surface area contributed by atoms with Gasteiger partial charge < -0.3 is 15.4 Å². The van der Waals surface area contributed by atoms with Crippen LogP contribution in [-0.4, -0.2) is 30.9 Å². The third-order valence-corrected chi connectivity index (χ3v) is 7.41. The number of hydrogen-bond donors (Lipinski definition) is 2. The summed E-state index contributed by atoms with van der Waals surface area (Å²) < 4.78 is 5.32. The van der Waals surface area contributed by atoms with E-state index in [0.717, 1.165) is 30.6 Å². The van der Waals surface area contributed by atoms with Gasteiger partial charge in [0.15, 0.2) is 0 Å². The lowest BCUT2D eigenvalue weighted by atomic mass is 9.94. The van der Waals surface area contributed by atoms with Gasteiger partial charge in [0.25, 0.3) is 0 Å². The molecule has 1 saturated carbocycles. The number of thiophene rings is 1. The third kappa shape index (κ3) is 6.98. The molecule has 8 heteroatoms. The SMILES string of the molecule is COc1ccc([C@@H](C(=O)NC2CCCCC2)N(C(=O)Cc2cccs2)c2ccc(NC(C)=O)cc2)cc1. The van der Waals surface area contributed by atoms with Crippen molar-refractivity contribution in [3.63, 3.8) is 0 Å². The number of amides is 3. The molecule has 0 radical (unpaired) electrons. The number of benzene rings is 2. The third-order valence-electron chi connectivity index (χ3n) is 6.53. The average Bonchev–Trinajstić information content (AvgIpc) is 3.41. The van der Waals surface area contributed by atoms with Crippen molar-refractivity contribution >= 4 is 40.4 Å². The zero-order valence-corrected chi connectivity index (χ0v) is 22.1. The Morgan fingerprint density at radius 2 is 1.70 bits per heavy atom. The van der Waals surface area contributed by atoms with Crippen LogP contribution in [0.3, 0.4) is 0 Å². The molecule has 0 aliphatic heterocycles. The first kappa shape index (κ1) is 26.4. The van der Waals surface area contributed by atoms with E-state index in [1.807, 2.05) is 29.6 Å². The molecule has 0 saturated heterocycles. The number of carbonyl (C=O) groups excluding carboxylic acids is 3. The van der Waals surface area contributed by atoms with Crippen LogP contribution < -0.4 is 20.3 Å². The van der Waals surface area contributed by atoms with Crippen LogP contribution in [0.5, 0.6) is 5.75 Å². The molecule has 0 bridgehead atoms. The van der Waals surface area contributed by atoms with E-state index in [-0.39, 0.29) is 30.2 Å². The molecule has 1 atom stereocenters. The van der Waals surface area contributed by atoms with E-state index in [1.54, 1.807) is 48.4 Å². The Bertz CT molecular complexity index is 1190. The van der Waals surface area contributed by atoms with Crippen molar-refractivity contribution in [1.29, 1.82) is 0 Å². The number of carbonyl (C=O) groups is 3. The Morgan fingerprint density at radius 1 is 1.00 bits per heavy atom. The molecule has 4 rings (SSSR count). The van der Waals surface area contributed by atoms with Gasteiger partial charge in [-0.25, -0.2) is 0 Å². The summed E-state index contributed by atoms with van der Waals surface area (Å²) >= 11 is 1.51. The monoisotopic (exact) mass is 519 g/mol. The maximum absolute atomic E-state index is 13.9. The second-order valence-corrected chi connectivity index (χ2v) is 10.3. The van der Waals surface area contributed by atoms with Gasteiger partial charge in [0.05, 0.1) is 13.5 Å². The van der Waals surface area contributed by atoms with Crippen LogP contribution in [0.1, 0.15) is 55.5 Å². The zero-order valence-electron chi connectivity index (χ0n) is 21.2. The van der Waals surface area contributed by atoms with Gasteiger partial charge in [-0.05, 0) is 66.2 Å². The van der Waals surface area contributed by atoms with Crippen molar-refractivity contribution < 1.29 is 19.1 Å². The molecule has 3 amide bonds. The summed E-state index contributed by atoms with van der Waals surface area (Å²) in [5, 5.41) is 7.92. The second kappa shape index (κ2) is 12.5. The maximum Gasteiger partial charge on any atom is 0.248 e. The van der Waals surface area contributed by atoms with Gasteiger partial charge in [0.1, 0.15) is 11.8 Å². The first-order valence-electron chi connectivity index (χ1n) is 12.6. The molecule has 37 heavy (non-hydrogen) atoms. The number of nitrogens with one attached hydrogen (secondary N) is 2. The lowest BCUT2D eigenvalue weighted by Gasteiger charge is -2.33. The maximum atomic E-state index is 13.9. The average molecular weight is 520 g/mol. The van der Waals surface area contributed by atoms with Gasteiger partial charge in [-0.15, -0.1) is 11.3 Å². The summed E-state index contributed by atoms with van der Waals surface area (Å²) in [6.45, 7) is 1.44. The van der Waals surface area contributed by atoms with Gasteiger partial charge in [0, 0.05) is 29.2 Å². The highest BCUT2D eigenvalue weighted by Gasteiger charge is 2.34. The molecule has 1 aliphatic rings. The summed E-state index contributed by atoms with van der Waals surface area (Å²) in [7, 11) is 1.59. The highest BCUT2D eigenvalue weighted by atomic mass is 32.1. The van der Waals surface area contributed by atoms with E-state index >= 15 is 0 Å². The fourth-order valence-electron chi connectivity index (χ4n) is 4.72. The second-order valence-electron chi connectivity index (χ2n) is 9.27. The van der Waals surface area contributed by atoms with Crippen molar-refractivity contribution in [2.75, 3.05) is 17.3 Å². The molecule has 1 aromatic heterocycles. The van der Waals surface area contributed by atoms with Crippen LogP contribution in [0.2, 0.25) is 0 Å². The van der Waals surface area contributed by atoms with Crippen LogP contribution >= 0.6 is 11.3 Å². The fraction of sp³-hybridized carbons (Fsp3) is 0.345. The number of methoxy groups -OCH3 is 1. The Labute approximate surface area is 221 Å². The van der Waals surface area contributed by atoms with E-state index in [1.165, 1.54) is 24.7 Å². The Kier molecular flexibility index (Phi) is 8.95. The first-order chi connectivity index (χ1) is 17.9. The van der Waals surface area contributed by atoms with Crippen molar-refractivity contribution in [1.82, 2.24) is 5.32 Å². The van der Waals surface area contributed by atoms with Crippen molar-refractivity contribution in [3.05, 3.63) is 76.5 Å². The van der Waals surface area contributed by atoms with Crippen molar-refractivity contribution in [2.45, 2.75) is 57.5 Å². The molecule has 194 valence electrons. The van der Waals surface area contributed by atoms with E-state index in [0.29, 0.717) is 22.7 Å². The first-order valence-corrected chi connectivity index (χ1v) is 13.5. The molecular formula is C29H33N3O4S. The molecule has 1 aliphatic carbocycles. The lowest BCUT2D eigenvalue weighted by Crippen LogP contribution is -2.47. The number of ether oxygens (including phenoxy) is 1. The highest BCUT2D eigenvalue weighted by molar-refractivity contribution is 7.10. The molecular weight excluding hydrogens is 486 g/mol. The van der Waals surface area contributed by atoms with E-state index in [9.17, 15) is 14.4 Å². The normalized spacial score (nSPS) is 14.4. The van der Waals surface area contributed by atoms with Gasteiger partial charge in [-0.3, -0.25) is 19.3 Å². The van der Waals surface area contributed by atoms with E-state index < -0.39 is 6.04 Å². The van der Waals surface area contributed by atoms with E-state index in [4.69, 9.17) is 4.74 Å². The smallest absolute Gasteiger partial charge is 0.248 e. The Morgan fingerprint density at radius 3 is 2.30 bits per heavy atom. The Balaban J connectivity index is 1.74. The molecule has 2 N–H and O–H groups in total. The number of anilines is 2. The minimum Gasteiger partial charge on any atom is -0.497 e. The standard InChI is InChI=1S/C29H33N3O4S/c1-20(33)30-23-12-14-24(15-13-23)32(27(34)19-26-9-6-18-37-26)28(21-10-16-25(36-2)17-11-21)29(35)31-22-7-4-3-5-8-22/h6,9-18,22,28H,3-5,7-8,19H2,1-2H3,(H,30,33)(H,31,35)/t28-/m0/s1. The molecule has 0 spiro atoms. The number of rotatable bonds is 9. The molecule has 3 aromatic rings. The number of nitrogens with zero attached hydrogens (tertiary/aromatic N) is 1. The topological polar surface area (TPSA) is 87.7 Å². The minimum absolute atomic E-state index is 0.0957. The predicted octanol–water partition coefficient (Wildman–Crippen LogP) is 5.48. The Hall–Kier alpha value is -3.65. The van der Waals surface area contributed by atoms with Gasteiger partial charge >= 0.3 is 0 Å². The minimum atomic E-state index is -0.869.